The van der Waals surface area contributed by atoms with E-state index in [1.54, 1.807) is 13.3 Å². The largest absolute Gasteiger partial charge is 0.401 e. The van der Waals surface area contributed by atoms with Crippen LogP contribution >= 0.6 is 0 Å². The summed E-state index contributed by atoms with van der Waals surface area (Å²) in [6, 6.07) is 7.79. The Kier molecular flexibility index (Phi) is 10.4. The number of nitrogens with two attached hydrogens (primary N) is 1. The summed E-state index contributed by atoms with van der Waals surface area (Å²) in [5.41, 5.74) is 8.89. The Labute approximate surface area is 202 Å². The van der Waals surface area contributed by atoms with E-state index in [1.807, 2.05) is 26.1 Å². The van der Waals surface area contributed by atoms with Crippen molar-refractivity contribution >= 4 is 5.69 Å². The predicted octanol–water partition coefficient (Wildman–Crippen LogP) is 2.15. The molecule has 4 N–H and O–H groups in total. The third-order valence-corrected chi connectivity index (χ3v) is 6.71. The molecule has 0 radical (unpaired) electrons. The second-order valence-corrected chi connectivity index (χ2v) is 9.25. The number of hydrogen-bond acceptors (Lipinski definition) is 8. The molecular formula is C25H41FN4O4. The van der Waals surface area contributed by atoms with Crippen LogP contribution in [-0.2, 0) is 14.2 Å². The molecule has 8 nitrogen and oxygen atoms in total. The number of nitrogens with zero attached hydrogens (tertiary/aromatic N) is 2. The average molecular weight is 481 g/mol. The number of halogens is 1. The lowest BCUT2D eigenvalue weighted by Crippen LogP contribution is -2.43. The maximum Gasteiger partial charge on any atom is 0.156 e. The lowest BCUT2D eigenvalue weighted by Gasteiger charge is -2.36. The number of rotatable bonds is 11. The molecule has 0 spiro atoms. The van der Waals surface area contributed by atoms with E-state index in [-0.39, 0.29) is 12.1 Å². The zero-order chi connectivity index (χ0) is 24.5. The quantitative estimate of drug-likeness (QED) is 0.444. The van der Waals surface area contributed by atoms with Crippen LogP contribution in [0.2, 0.25) is 0 Å². The number of nitrogens with one attached hydrogen (secondary N) is 1. The Morgan fingerprint density at radius 1 is 1.32 bits per heavy atom. The summed E-state index contributed by atoms with van der Waals surface area (Å²) < 4.78 is 30.4. The summed E-state index contributed by atoms with van der Waals surface area (Å²) in [5, 5.41) is 13.0. The summed E-state index contributed by atoms with van der Waals surface area (Å²) in [5.74, 6) is 0. The van der Waals surface area contributed by atoms with Gasteiger partial charge >= 0.3 is 0 Å². The highest BCUT2D eigenvalue weighted by Crippen LogP contribution is 2.25. The summed E-state index contributed by atoms with van der Waals surface area (Å²) in [6.07, 6.45) is 2.66. The maximum atomic E-state index is 14.0. The monoisotopic (exact) mass is 480 g/mol. The van der Waals surface area contributed by atoms with Crippen LogP contribution in [0.1, 0.15) is 37.9 Å². The standard InChI is InChI=1S/C25H41FN4O4/c1-18-14-22(15-24(31)34-18)29(2)9-8-20(27)17-28-23(16-26)25(32-3)19-4-6-21(7-5-19)30-10-12-33-13-11-30/h4-7,17-18,22-25,28,31H,8-16,27H2,1-3H3/b20-17-/t18-,22+,23-,24-,25-/m1/s1. The molecule has 2 fully saturated rings. The lowest BCUT2D eigenvalue weighted by molar-refractivity contribution is -0.173. The number of morpholine rings is 1. The Morgan fingerprint density at radius 2 is 2.03 bits per heavy atom. The van der Waals surface area contributed by atoms with Gasteiger partial charge in [0, 0.05) is 63.2 Å². The fourth-order valence-electron chi connectivity index (χ4n) is 4.67. The fourth-order valence-corrected chi connectivity index (χ4v) is 4.67. The molecule has 9 heteroatoms. The van der Waals surface area contributed by atoms with Crippen molar-refractivity contribution in [3.05, 3.63) is 41.7 Å². The van der Waals surface area contributed by atoms with Crippen LogP contribution in [0.15, 0.2) is 36.2 Å². The highest BCUT2D eigenvalue weighted by molar-refractivity contribution is 5.48. The number of anilines is 1. The van der Waals surface area contributed by atoms with Crippen molar-refractivity contribution in [2.75, 3.05) is 58.6 Å². The number of benzene rings is 1. The fraction of sp³-hybridized carbons (Fsp3) is 0.680. The van der Waals surface area contributed by atoms with Gasteiger partial charge in [0.25, 0.3) is 0 Å². The first-order chi connectivity index (χ1) is 16.4. The normalized spacial score (nSPS) is 25.9. The van der Waals surface area contributed by atoms with Crippen LogP contribution in [0.4, 0.5) is 10.1 Å². The van der Waals surface area contributed by atoms with Crippen molar-refractivity contribution in [2.24, 2.45) is 5.73 Å². The molecule has 0 saturated carbocycles. The van der Waals surface area contributed by atoms with E-state index in [9.17, 15) is 9.50 Å². The Bertz CT molecular complexity index is 750. The lowest BCUT2D eigenvalue weighted by atomic mass is 10.0. The van der Waals surface area contributed by atoms with E-state index in [0.29, 0.717) is 18.5 Å². The van der Waals surface area contributed by atoms with Gasteiger partial charge in [-0.2, -0.15) is 0 Å². The smallest absolute Gasteiger partial charge is 0.156 e. The Morgan fingerprint density at radius 3 is 2.65 bits per heavy atom. The summed E-state index contributed by atoms with van der Waals surface area (Å²) in [7, 11) is 3.62. The first kappa shape index (κ1) is 26.7. The molecule has 0 aromatic heterocycles. The second-order valence-electron chi connectivity index (χ2n) is 9.25. The molecule has 0 bridgehead atoms. The van der Waals surface area contributed by atoms with Gasteiger partial charge < -0.3 is 40.2 Å². The molecule has 192 valence electrons. The molecule has 2 saturated heterocycles. The number of alkyl halides is 1. The first-order valence-corrected chi connectivity index (χ1v) is 12.2. The summed E-state index contributed by atoms with van der Waals surface area (Å²) in [6.45, 7) is 5.33. The topological polar surface area (TPSA) is 92.5 Å². The zero-order valence-electron chi connectivity index (χ0n) is 20.7. The van der Waals surface area contributed by atoms with Crippen LogP contribution in [0.5, 0.6) is 0 Å². The molecule has 2 aliphatic rings. The van der Waals surface area contributed by atoms with Crippen LogP contribution in [0, 0.1) is 0 Å². The molecule has 2 aliphatic heterocycles. The molecule has 0 unspecified atom stereocenters. The minimum absolute atomic E-state index is 0.0324. The molecule has 1 aromatic carbocycles. The van der Waals surface area contributed by atoms with E-state index >= 15 is 0 Å². The van der Waals surface area contributed by atoms with Gasteiger partial charge in [-0.1, -0.05) is 12.1 Å². The van der Waals surface area contributed by atoms with E-state index in [0.717, 1.165) is 50.5 Å². The van der Waals surface area contributed by atoms with Crippen LogP contribution < -0.4 is 16.0 Å². The number of aliphatic hydroxyl groups is 1. The van der Waals surface area contributed by atoms with E-state index in [1.165, 1.54) is 0 Å². The van der Waals surface area contributed by atoms with Crippen LogP contribution in [0.25, 0.3) is 0 Å². The van der Waals surface area contributed by atoms with Crippen molar-refractivity contribution in [1.82, 2.24) is 10.2 Å². The predicted molar refractivity (Wildman–Crippen MR) is 131 cm³/mol. The maximum absolute atomic E-state index is 14.0. The minimum Gasteiger partial charge on any atom is -0.401 e. The third kappa shape index (κ3) is 7.55. The van der Waals surface area contributed by atoms with Gasteiger partial charge in [-0.3, -0.25) is 0 Å². The minimum atomic E-state index is -0.718. The second kappa shape index (κ2) is 13.3. The Balaban J connectivity index is 1.52. The van der Waals surface area contributed by atoms with E-state index in [4.69, 9.17) is 19.9 Å². The van der Waals surface area contributed by atoms with Gasteiger partial charge in [-0.05, 0) is 38.1 Å². The van der Waals surface area contributed by atoms with Gasteiger partial charge in [-0.25, -0.2) is 4.39 Å². The van der Waals surface area contributed by atoms with Crippen LogP contribution in [-0.4, -0.2) is 88.2 Å². The van der Waals surface area contributed by atoms with Gasteiger partial charge in [0.05, 0.1) is 25.4 Å². The van der Waals surface area contributed by atoms with Crippen LogP contribution in [0.3, 0.4) is 0 Å². The van der Waals surface area contributed by atoms with Crippen molar-refractivity contribution < 1.29 is 23.7 Å². The number of hydrogen-bond donors (Lipinski definition) is 3. The molecule has 0 amide bonds. The average Bonchev–Trinajstić information content (AvgIpc) is 2.85. The third-order valence-electron chi connectivity index (χ3n) is 6.71. The van der Waals surface area contributed by atoms with E-state index in [2.05, 4.69) is 27.2 Å². The van der Waals surface area contributed by atoms with Gasteiger partial charge in [0.2, 0.25) is 0 Å². The molecule has 1 aromatic rings. The molecule has 2 heterocycles. The van der Waals surface area contributed by atoms with Gasteiger partial charge in [0.1, 0.15) is 12.8 Å². The zero-order valence-corrected chi connectivity index (χ0v) is 20.7. The number of methoxy groups -OCH3 is 1. The van der Waals surface area contributed by atoms with Crippen molar-refractivity contribution in [2.45, 2.75) is 56.8 Å². The first-order valence-electron chi connectivity index (χ1n) is 12.2. The number of ether oxygens (including phenoxy) is 3. The van der Waals surface area contributed by atoms with Crippen molar-refractivity contribution in [1.29, 1.82) is 0 Å². The molecule has 34 heavy (non-hydrogen) atoms. The molecule has 0 aliphatic carbocycles. The Hall–Kier alpha value is -1.91. The molecular weight excluding hydrogens is 439 g/mol. The SMILES string of the molecule is CO[C@H](c1ccc(N2CCOCC2)cc1)[C@@H](CF)N/C=C(\N)CCN(C)[C@H]1C[C@@H](C)O[C@@H](O)C1. The number of aliphatic hydroxyl groups excluding tert-OH is 1. The van der Waals surface area contributed by atoms with E-state index < -0.39 is 25.1 Å². The van der Waals surface area contributed by atoms with Gasteiger partial charge in [0.15, 0.2) is 6.29 Å². The molecule has 3 rings (SSSR count). The van der Waals surface area contributed by atoms with Crippen molar-refractivity contribution in [3.8, 4) is 0 Å². The highest BCUT2D eigenvalue weighted by Gasteiger charge is 2.28. The van der Waals surface area contributed by atoms with Gasteiger partial charge in [-0.15, -0.1) is 0 Å². The van der Waals surface area contributed by atoms with Crippen molar-refractivity contribution in [3.63, 3.8) is 0 Å². The highest BCUT2D eigenvalue weighted by atomic mass is 19.1. The summed E-state index contributed by atoms with van der Waals surface area (Å²) >= 11 is 0. The summed E-state index contributed by atoms with van der Waals surface area (Å²) in [4.78, 5) is 4.48. The molecule has 5 atom stereocenters.